The van der Waals surface area contributed by atoms with Gasteiger partial charge in [-0.15, -0.1) is 0 Å². The number of Topliss-reactive ketones (excluding diaryl/α,β-unsaturated/α-hetero) is 1. The predicted octanol–water partition coefficient (Wildman–Crippen LogP) is 3.81. The lowest BCUT2D eigenvalue weighted by molar-refractivity contribution is -0.136. The van der Waals surface area contributed by atoms with Crippen molar-refractivity contribution in [3.63, 3.8) is 0 Å². The van der Waals surface area contributed by atoms with E-state index in [1.807, 2.05) is 24.3 Å². The SMILES string of the molecule is O=C1C2=C(OC3CCCCC13)C(=O)N(CC1CCCO1)C2c1ccc(Cl)cc1. The Balaban J connectivity index is 1.55. The molecular weight excluding hydrogens is 378 g/mol. The first-order valence-corrected chi connectivity index (χ1v) is 10.6. The summed E-state index contributed by atoms with van der Waals surface area (Å²) in [6.07, 6.45) is 5.57. The lowest BCUT2D eigenvalue weighted by Crippen LogP contribution is -2.39. The van der Waals surface area contributed by atoms with Gasteiger partial charge < -0.3 is 14.4 Å². The highest BCUT2D eigenvalue weighted by atomic mass is 35.5. The van der Waals surface area contributed by atoms with E-state index in [2.05, 4.69) is 0 Å². The molecule has 6 heteroatoms. The fourth-order valence-corrected chi connectivity index (χ4v) is 5.21. The predicted molar refractivity (Wildman–Crippen MR) is 104 cm³/mol. The summed E-state index contributed by atoms with van der Waals surface area (Å²) >= 11 is 6.07. The molecule has 148 valence electrons. The molecule has 1 aromatic rings. The molecule has 5 nitrogen and oxygen atoms in total. The van der Waals surface area contributed by atoms with Gasteiger partial charge in [0.05, 0.1) is 23.6 Å². The molecule has 28 heavy (non-hydrogen) atoms. The van der Waals surface area contributed by atoms with E-state index < -0.39 is 6.04 Å². The number of ketones is 1. The highest BCUT2D eigenvalue weighted by Gasteiger charge is 2.52. The van der Waals surface area contributed by atoms with E-state index in [1.165, 1.54) is 0 Å². The summed E-state index contributed by atoms with van der Waals surface area (Å²) in [5.41, 5.74) is 1.43. The van der Waals surface area contributed by atoms with E-state index in [0.717, 1.165) is 50.7 Å². The van der Waals surface area contributed by atoms with Gasteiger partial charge in [0.2, 0.25) is 0 Å². The van der Waals surface area contributed by atoms with Crippen LogP contribution in [0.1, 0.15) is 50.1 Å². The number of benzene rings is 1. The molecule has 1 amide bonds. The van der Waals surface area contributed by atoms with E-state index in [-0.39, 0.29) is 35.6 Å². The van der Waals surface area contributed by atoms with Crippen LogP contribution in [0, 0.1) is 5.92 Å². The summed E-state index contributed by atoms with van der Waals surface area (Å²) in [5, 5.41) is 0.631. The molecule has 1 aromatic carbocycles. The molecule has 0 spiro atoms. The van der Waals surface area contributed by atoms with Crippen molar-refractivity contribution in [1.29, 1.82) is 0 Å². The van der Waals surface area contributed by atoms with Crippen LogP contribution in [0.5, 0.6) is 0 Å². The van der Waals surface area contributed by atoms with Crippen molar-refractivity contribution >= 4 is 23.3 Å². The molecule has 4 aliphatic rings. The summed E-state index contributed by atoms with van der Waals surface area (Å²) in [7, 11) is 0. The van der Waals surface area contributed by atoms with Gasteiger partial charge >= 0.3 is 0 Å². The number of rotatable bonds is 3. The molecular formula is C22H24ClNO4. The molecule has 0 radical (unpaired) electrons. The lowest BCUT2D eigenvalue weighted by Gasteiger charge is -2.35. The van der Waals surface area contributed by atoms with Gasteiger partial charge in [-0.2, -0.15) is 0 Å². The maximum Gasteiger partial charge on any atom is 0.290 e. The van der Waals surface area contributed by atoms with Crippen LogP contribution in [-0.2, 0) is 19.1 Å². The normalized spacial score (nSPS) is 32.4. The summed E-state index contributed by atoms with van der Waals surface area (Å²) in [6, 6.07) is 7.00. The fraction of sp³-hybridized carbons (Fsp3) is 0.545. The summed E-state index contributed by atoms with van der Waals surface area (Å²) < 4.78 is 11.9. The van der Waals surface area contributed by atoms with Crippen LogP contribution in [0.4, 0.5) is 0 Å². The molecule has 2 fully saturated rings. The van der Waals surface area contributed by atoms with Crippen LogP contribution in [-0.4, -0.2) is 41.9 Å². The minimum Gasteiger partial charge on any atom is -0.483 e. The Kier molecular flexibility index (Phi) is 4.68. The first kappa shape index (κ1) is 18.2. The Morgan fingerprint density at radius 3 is 2.57 bits per heavy atom. The molecule has 3 aliphatic heterocycles. The maximum absolute atomic E-state index is 13.4. The van der Waals surface area contributed by atoms with Gasteiger partial charge in [0.25, 0.3) is 5.91 Å². The van der Waals surface area contributed by atoms with Crippen molar-refractivity contribution in [3.05, 3.63) is 46.2 Å². The van der Waals surface area contributed by atoms with Gasteiger partial charge in [-0.3, -0.25) is 9.59 Å². The highest BCUT2D eigenvalue weighted by molar-refractivity contribution is 6.30. The number of hydrogen-bond acceptors (Lipinski definition) is 4. The molecule has 0 bridgehead atoms. The van der Waals surface area contributed by atoms with Gasteiger partial charge in [-0.05, 0) is 49.8 Å². The maximum atomic E-state index is 13.4. The highest BCUT2D eigenvalue weighted by Crippen LogP contribution is 2.47. The van der Waals surface area contributed by atoms with Crippen LogP contribution in [0.2, 0.25) is 5.02 Å². The number of nitrogens with zero attached hydrogens (tertiary/aromatic N) is 1. The first-order chi connectivity index (χ1) is 13.6. The Morgan fingerprint density at radius 2 is 1.82 bits per heavy atom. The number of carbonyl (C=O) groups excluding carboxylic acids is 2. The number of carbonyl (C=O) groups is 2. The monoisotopic (exact) mass is 401 g/mol. The Morgan fingerprint density at radius 1 is 1.04 bits per heavy atom. The topological polar surface area (TPSA) is 55.8 Å². The largest absolute Gasteiger partial charge is 0.483 e. The average Bonchev–Trinajstić information content (AvgIpc) is 3.31. The van der Waals surface area contributed by atoms with Crippen LogP contribution >= 0.6 is 11.6 Å². The summed E-state index contributed by atoms with van der Waals surface area (Å²) in [6.45, 7) is 1.20. The van der Waals surface area contributed by atoms with Gasteiger partial charge in [0, 0.05) is 18.2 Å². The van der Waals surface area contributed by atoms with Crippen LogP contribution in [0.25, 0.3) is 0 Å². The zero-order valence-corrected chi connectivity index (χ0v) is 16.5. The number of ether oxygens (including phenoxy) is 2. The molecule has 1 aliphatic carbocycles. The molecule has 0 N–H and O–H groups in total. The standard InChI is InChI=1S/C22H24ClNO4/c23-14-9-7-13(8-10-14)19-18-20(25)16-5-1-2-6-17(16)28-21(18)22(26)24(19)12-15-4-3-11-27-15/h7-10,15-17,19H,1-6,11-12H2. The smallest absolute Gasteiger partial charge is 0.290 e. The van der Waals surface area contributed by atoms with Crippen molar-refractivity contribution in [1.82, 2.24) is 4.90 Å². The van der Waals surface area contributed by atoms with Crippen LogP contribution in [0.3, 0.4) is 0 Å². The Bertz CT molecular complexity index is 827. The second kappa shape index (κ2) is 7.20. The quantitative estimate of drug-likeness (QED) is 0.772. The van der Waals surface area contributed by atoms with E-state index in [0.29, 0.717) is 17.1 Å². The van der Waals surface area contributed by atoms with E-state index in [1.54, 1.807) is 4.90 Å². The molecule has 0 aromatic heterocycles. The average molecular weight is 402 g/mol. The number of fused-ring (bicyclic) bond motifs is 1. The molecule has 1 saturated heterocycles. The molecule has 1 saturated carbocycles. The van der Waals surface area contributed by atoms with Crippen molar-refractivity contribution in [2.75, 3.05) is 13.2 Å². The van der Waals surface area contributed by atoms with Crippen molar-refractivity contribution in [3.8, 4) is 0 Å². The molecule has 5 rings (SSSR count). The van der Waals surface area contributed by atoms with Crippen molar-refractivity contribution in [2.45, 2.75) is 56.8 Å². The summed E-state index contributed by atoms with van der Waals surface area (Å²) in [4.78, 5) is 28.5. The second-order valence-electron chi connectivity index (χ2n) is 8.20. The molecule has 4 unspecified atom stereocenters. The number of halogens is 1. The van der Waals surface area contributed by atoms with Gasteiger partial charge in [-0.25, -0.2) is 0 Å². The number of amides is 1. The van der Waals surface area contributed by atoms with Crippen LogP contribution in [0.15, 0.2) is 35.6 Å². The van der Waals surface area contributed by atoms with Gasteiger partial charge in [-0.1, -0.05) is 30.2 Å². The third-order valence-corrected chi connectivity index (χ3v) is 6.72. The third kappa shape index (κ3) is 2.96. The molecule has 3 heterocycles. The minimum atomic E-state index is -0.417. The number of hydrogen-bond donors (Lipinski definition) is 0. The van der Waals surface area contributed by atoms with Crippen molar-refractivity contribution < 1.29 is 19.1 Å². The van der Waals surface area contributed by atoms with Gasteiger partial charge in [0.1, 0.15) is 6.10 Å². The zero-order chi connectivity index (χ0) is 19.3. The summed E-state index contributed by atoms with van der Waals surface area (Å²) in [5.74, 6) is 0.0563. The van der Waals surface area contributed by atoms with E-state index in [4.69, 9.17) is 21.1 Å². The van der Waals surface area contributed by atoms with E-state index in [9.17, 15) is 9.59 Å². The van der Waals surface area contributed by atoms with E-state index >= 15 is 0 Å². The minimum absolute atomic E-state index is 0.0116. The second-order valence-corrected chi connectivity index (χ2v) is 8.64. The fourth-order valence-electron chi connectivity index (χ4n) is 5.08. The molecule has 4 atom stereocenters. The van der Waals surface area contributed by atoms with Crippen LogP contribution < -0.4 is 0 Å². The Labute approximate surface area is 169 Å². The zero-order valence-electron chi connectivity index (χ0n) is 15.7. The first-order valence-electron chi connectivity index (χ1n) is 10.3. The Hall–Kier alpha value is -1.85. The van der Waals surface area contributed by atoms with Crippen molar-refractivity contribution in [2.24, 2.45) is 5.92 Å². The lowest BCUT2D eigenvalue weighted by atomic mass is 9.77. The van der Waals surface area contributed by atoms with Gasteiger partial charge in [0.15, 0.2) is 11.5 Å². The third-order valence-electron chi connectivity index (χ3n) is 6.47.